The molecule has 0 spiro atoms. The fraction of sp³-hybridized carbons (Fsp3) is 0.100. The molecule has 0 aliphatic carbocycles. The van der Waals surface area contributed by atoms with E-state index in [-0.39, 0.29) is 5.78 Å². The minimum absolute atomic E-state index is 0.0405. The van der Waals surface area contributed by atoms with Gasteiger partial charge in [-0.2, -0.15) is 0 Å². The van der Waals surface area contributed by atoms with Gasteiger partial charge in [-0.05, 0) is 37.6 Å². The first-order valence-corrected chi connectivity index (χ1v) is 7.29. The summed E-state index contributed by atoms with van der Waals surface area (Å²) in [7, 11) is 0. The molecule has 1 heterocycles. The van der Waals surface area contributed by atoms with E-state index in [1.54, 1.807) is 6.20 Å². The molecule has 0 fully saturated rings. The molecule has 0 radical (unpaired) electrons. The number of hydrogen-bond acceptors (Lipinski definition) is 2. The molecule has 0 atom stereocenters. The van der Waals surface area contributed by atoms with Crippen LogP contribution in [0.5, 0.6) is 0 Å². The van der Waals surface area contributed by atoms with Crippen LogP contribution in [-0.4, -0.2) is 10.8 Å². The lowest BCUT2D eigenvalue weighted by Crippen LogP contribution is -2.06. The first-order chi connectivity index (χ1) is 10.7. The number of pyridine rings is 1. The van der Waals surface area contributed by atoms with Gasteiger partial charge in [-0.1, -0.05) is 48.0 Å². The Morgan fingerprint density at radius 3 is 2.36 bits per heavy atom. The Hall–Kier alpha value is -2.74. The zero-order valence-corrected chi connectivity index (χ0v) is 12.7. The predicted octanol–water partition coefficient (Wildman–Crippen LogP) is 4.60. The van der Waals surface area contributed by atoms with Gasteiger partial charge in [0.15, 0.2) is 5.78 Å². The first kappa shape index (κ1) is 14.2. The van der Waals surface area contributed by atoms with Crippen molar-refractivity contribution in [3.05, 3.63) is 89.1 Å². The standard InChI is InChI=1S/C20H17NO/c1-14-10-11-17(18(13-14)19-9-5-6-12-21-19)20(22)16-8-4-3-7-15(16)2/h3-13H,1-2H3. The minimum Gasteiger partial charge on any atom is -0.289 e. The molecule has 0 amide bonds. The monoisotopic (exact) mass is 287 g/mol. The van der Waals surface area contributed by atoms with Crippen LogP contribution >= 0.6 is 0 Å². The largest absolute Gasteiger partial charge is 0.289 e. The molecule has 108 valence electrons. The van der Waals surface area contributed by atoms with Gasteiger partial charge in [0, 0.05) is 22.9 Å². The van der Waals surface area contributed by atoms with Crippen LogP contribution in [0, 0.1) is 13.8 Å². The topological polar surface area (TPSA) is 30.0 Å². The quantitative estimate of drug-likeness (QED) is 0.659. The molecule has 0 unspecified atom stereocenters. The molecule has 22 heavy (non-hydrogen) atoms. The molecule has 0 aliphatic heterocycles. The summed E-state index contributed by atoms with van der Waals surface area (Å²) in [5.41, 5.74) is 5.24. The second kappa shape index (κ2) is 5.94. The normalized spacial score (nSPS) is 10.5. The molecule has 2 aromatic carbocycles. The highest BCUT2D eigenvalue weighted by molar-refractivity contribution is 6.13. The zero-order chi connectivity index (χ0) is 15.5. The third-order valence-corrected chi connectivity index (χ3v) is 3.75. The van der Waals surface area contributed by atoms with Crippen molar-refractivity contribution in [3.8, 4) is 11.3 Å². The van der Waals surface area contributed by atoms with E-state index in [1.165, 1.54) is 0 Å². The van der Waals surface area contributed by atoms with Crippen molar-refractivity contribution in [2.45, 2.75) is 13.8 Å². The molecule has 0 N–H and O–H groups in total. The van der Waals surface area contributed by atoms with Gasteiger partial charge in [0.1, 0.15) is 0 Å². The van der Waals surface area contributed by atoms with E-state index in [9.17, 15) is 4.79 Å². The van der Waals surface area contributed by atoms with Crippen LogP contribution in [-0.2, 0) is 0 Å². The molecule has 0 bridgehead atoms. The molecule has 3 aromatic rings. The smallest absolute Gasteiger partial charge is 0.193 e. The second-order valence-electron chi connectivity index (χ2n) is 5.41. The van der Waals surface area contributed by atoms with Crippen LogP contribution < -0.4 is 0 Å². The highest BCUT2D eigenvalue weighted by atomic mass is 16.1. The van der Waals surface area contributed by atoms with Crippen LogP contribution in [0.3, 0.4) is 0 Å². The van der Waals surface area contributed by atoms with Gasteiger partial charge < -0.3 is 0 Å². The highest BCUT2D eigenvalue weighted by Gasteiger charge is 2.16. The lowest BCUT2D eigenvalue weighted by atomic mass is 9.93. The Bertz CT molecular complexity index is 822. The van der Waals surface area contributed by atoms with Crippen molar-refractivity contribution >= 4 is 5.78 Å². The van der Waals surface area contributed by atoms with Gasteiger partial charge in [-0.25, -0.2) is 0 Å². The maximum atomic E-state index is 12.9. The number of aryl methyl sites for hydroxylation is 2. The van der Waals surface area contributed by atoms with Crippen molar-refractivity contribution in [1.29, 1.82) is 0 Å². The SMILES string of the molecule is Cc1ccc(C(=O)c2ccccc2C)c(-c2ccccn2)c1. The van der Waals surface area contributed by atoms with Crippen LogP contribution in [0.25, 0.3) is 11.3 Å². The van der Waals surface area contributed by atoms with Crippen LogP contribution in [0.2, 0.25) is 0 Å². The third kappa shape index (κ3) is 2.68. The lowest BCUT2D eigenvalue weighted by molar-refractivity contribution is 0.103. The first-order valence-electron chi connectivity index (χ1n) is 7.29. The molecule has 0 saturated heterocycles. The average molecular weight is 287 g/mol. The van der Waals surface area contributed by atoms with Crippen molar-refractivity contribution in [1.82, 2.24) is 4.98 Å². The molecule has 0 saturated carbocycles. The summed E-state index contributed by atoms with van der Waals surface area (Å²) in [5.74, 6) is 0.0405. The van der Waals surface area contributed by atoms with Gasteiger partial charge in [0.25, 0.3) is 0 Å². The van der Waals surface area contributed by atoms with Gasteiger partial charge >= 0.3 is 0 Å². The summed E-state index contributed by atoms with van der Waals surface area (Å²) in [6, 6.07) is 19.3. The molecule has 1 aromatic heterocycles. The van der Waals surface area contributed by atoms with E-state index in [0.29, 0.717) is 5.56 Å². The van der Waals surface area contributed by atoms with Crippen LogP contribution in [0.1, 0.15) is 27.0 Å². The summed E-state index contributed by atoms with van der Waals surface area (Å²) in [6.07, 6.45) is 1.75. The highest BCUT2D eigenvalue weighted by Crippen LogP contribution is 2.26. The number of benzene rings is 2. The maximum absolute atomic E-state index is 12.9. The number of carbonyl (C=O) groups excluding carboxylic acids is 1. The number of ketones is 1. The zero-order valence-electron chi connectivity index (χ0n) is 12.7. The van der Waals surface area contributed by atoms with Gasteiger partial charge in [-0.3, -0.25) is 9.78 Å². The molecule has 3 rings (SSSR count). The van der Waals surface area contributed by atoms with Crippen LogP contribution in [0.15, 0.2) is 66.9 Å². The van der Waals surface area contributed by atoms with E-state index >= 15 is 0 Å². The summed E-state index contributed by atoms with van der Waals surface area (Å²) in [4.78, 5) is 17.3. The number of rotatable bonds is 3. The number of nitrogens with zero attached hydrogens (tertiary/aromatic N) is 1. The van der Waals surface area contributed by atoms with Gasteiger partial charge in [0.05, 0.1) is 5.69 Å². The van der Waals surface area contributed by atoms with Crippen LogP contribution in [0.4, 0.5) is 0 Å². The van der Waals surface area contributed by atoms with E-state index < -0.39 is 0 Å². The molecule has 0 aliphatic rings. The summed E-state index contributed by atoms with van der Waals surface area (Å²) in [5, 5.41) is 0. The predicted molar refractivity (Wildman–Crippen MR) is 89.0 cm³/mol. The lowest BCUT2D eigenvalue weighted by Gasteiger charge is -2.11. The Balaban J connectivity index is 2.16. The Kier molecular flexibility index (Phi) is 3.84. The Morgan fingerprint density at radius 1 is 0.864 bits per heavy atom. The number of aromatic nitrogens is 1. The number of carbonyl (C=O) groups is 1. The van der Waals surface area contributed by atoms with E-state index in [4.69, 9.17) is 0 Å². The Labute approximate surface area is 130 Å². The summed E-state index contributed by atoms with van der Waals surface area (Å²) < 4.78 is 0. The molecule has 2 nitrogen and oxygen atoms in total. The van der Waals surface area contributed by atoms with E-state index in [1.807, 2.05) is 74.5 Å². The fourth-order valence-corrected chi connectivity index (χ4v) is 2.56. The van der Waals surface area contributed by atoms with Gasteiger partial charge in [-0.15, -0.1) is 0 Å². The fourth-order valence-electron chi connectivity index (χ4n) is 2.56. The van der Waals surface area contributed by atoms with E-state index in [0.717, 1.165) is 27.9 Å². The minimum atomic E-state index is 0.0405. The third-order valence-electron chi connectivity index (χ3n) is 3.75. The Morgan fingerprint density at radius 2 is 1.64 bits per heavy atom. The van der Waals surface area contributed by atoms with E-state index in [2.05, 4.69) is 4.98 Å². The summed E-state index contributed by atoms with van der Waals surface area (Å²) in [6.45, 7) is 3.98. The molecular formula is C20H17NO. The van der Waals surface area contributed by atoms with Gasteiger partial charge in [0.2, 0.25) is 0 Å². The second-order valence-corrected chi connectivity index (χ2v) is 5.41. The average Bonchev–Trinajstić information content (AvgIpc) is 2.55. The van der Waals surface area contributed by atoms with Crippen molar-refractivity contribution in [2.75, 3.05) is 0 Å². The van der Waals surface area contributed by atoms with Crippen molar-refractivity contribution < 1.29 is 4.79 Å². The maximum Gasteiger partial charge on any atom is 0.193 e. The van der Waals surface area contributed by atoms with Crippen molar-refractivity contribution in [3.63, 3.8) is 0 Å². The summed E-state index contributed by atoms with van der Waals surface area (Å²) >= 11 is 0. The molecular weight excluding hydrogens is 270 g/mol. The molecule has 2 heteroatoms. The number of hydrogen-bond donors (Lipinski definition) is 0. The van der Waals surface area contributed by atoms with Crippen molar-refractivity contribution in [2.24, 2.45) is 0 Å².